The van der Waals surface area contributed by atoms with Gasteiger partial charge in [-0.05, 0) is 12.1 Å². The van der Waals surface area contributed by atoms with Crippen LogP contribution in [0, 0.1) is 0 Å². The van der Waals surface area contributed by atoms with Gasteiger partial charge >= 0.3 is 5.69 Å². The van der Waals surface area contributed by atoms with Gasteiger partial charge in [-0.1, -0.05) is 18.2 Å². The SMILES string of the molecule is Cn1c(=O)c(C(N)=O)cn(-c2ccccc2)c1=O. The van der Waals surface area contributed by atoms with Crippen molar-refractivity contribution in [1.29, 1.82) is 0 Å². The van der Waals surface area contributed by atoms with Gasteiger partial charge in [0, 0.05) is 13.2 Å². The topological polar surface area (TPSA) is 87.1 Å². The molecule has 0 radical (unpaired) electrons. The minimum atomic E-state index is -0.861. The van der Waals surface area contributed by atoms with Crippen LogP contribution in [0.5, 0.6) is 0 Å². The molecule has 1 aromatic heterocycles. The maximum absolute atomic E-state index is 11.9. The zero-order chi connectivity index (χ0) is 13.3. The summed E-state index contributed by atoms with van der Waals surface area (Å²) in [5.74, 6) is -0.861. The fourth-order valence-electron chi connectivity index (χ4n) is 1.61. The number of hydrogen-bond acceptors (Lipinski definition) is 3. The Labute approximate surface area is 102 Å². The van der Waals surface area contributed by atoms with Gasteiger partial charge in [0.1, 0.15) is 5.56 Å². The number of nitrogens with zero attached hydrogens (tertiary/aromatic N) is 2. The summed E-state index contributed by atoms with van der Waals surface area (Å²) in [6, 6.07) is 8.67. The second-order valence-corrected chi connectivity index (χ2v) is 3.76. The maximum atomic E-state index is 11.9. The van der Waals surface area contributed by atoms with E-state index in [2.05, 4.69) is 0 Å². The number of carbonyl (C=O) groups is 1. The molecule has 18 heavy (non-hydrogen) atoms. The first-order chi connectivity index (χ1) is 8.52. The van der Waals surface area contributed by atoms with E-state index in [0.29, 0.717) is 5.69 Å². The molecule has 0 saturated carbocycles. The third-order valence-electron chi connectivity index (χ3n) is 2.59. The van der Waals surface area contributed by atoms with E-state index >= 15 is 0 Å². The van der Waals surface area contributed by atoms with Gasteiger partial charge in [-0.15, -0.1) is 0 Å². The molecule has 2 rings (SSSR count). The predicted molar refractivity (Wildman–Crippen MR) is 65.8 cm³/mol. The number of primary amides is 1. The molecule has 0 saturated heterocycles. The third kappa shape index (κ3) is 1.84. The summed E-state index contributed by atoms with van der Waals surface area (Å²) in [4.78, 5) is 34.8. The van der Waals surface area contributed by atoms with Crippen LogP contribution in [0.25, 0.3) is 5.69 Å². The average molecular weight is 245 g/mol. The van der Waals surface area contributed by atoms with Crippen LogP contribution in [0.2, 0.25) is 0 Å². The van der Waals surface area contributed by atoms with Gasteiger partial charge in [0.05, 0.1) is 5.69 Å². The monoisotopic (exact) mass is 245 g/mol. The highest BCUT2D eigenvalue weighted by Gasteiger charge is 2.13. The first-order valence-corrected chi connectivity index (χ1v) is 5.20. The Balaban J connectivity index is 2.82. The summed E-state index contributed by atoms with van der Waals surface area (Å²) in [5, 5.41) is 0. The molecule has 0 unspecified atom stereocenters. The summed E-state index contributed by atoms with van der Waals surface area (Å²) < 4.78 is 2.06. The van der Waals surface area contributed by atoms with Crippen molar-refractivity contribution in [2.75, 3.05) is 0 Å². The van der Waals surface area contributed by atoms with Crippen molar-refractivity contribution >= 4 is 5.91 Å². The van der Waals surface area contributed by atoms with E-state index in [-0.39, 0.29) is 5.56 Å². The van der Waals surface area contributed by atoms with E-state index < -0.39 is 17.2 Å². The molecule has 92 valence electrons. The second-order valence-electron chi connectivity index (χ2n) is 3.76. The number of aromatic nitrogens is 2. The lowest BCUT2D eigenvalue weighted by molar-refractivity contribution is 0.0997. The van der Waals surface area contributed by atoms with Gasteiger partial charge in [-0.25, -0.2) is 4.79 Å². The molecule has 0 bridgehead atoms. The van der Waals surface area contributed by atoms with Crippen LogP contribution < -0.4 is 17.0 Å². The van der Waals surface area contributed by atoms with Crippen LogP contribution >= 0.6 is 0 Å². The number of para-hydroxylation sites is 1. The van der Waals surface area contributed by atoms with E-state index in [1.807, 2.05) is 0 Å². The fourth-order valence-corrected chi connectivity index (χ4v) is 1.61. The molecule has 2 N–H and O–H groups in total. The molecule has 1 amide bonds. The van der Waals surface area contributed by atoms with E-state index in [4.69, 9.17) is 5.73 Å². The number of carbonyl (C=O) groups excluding carboxylic acids is 1. The second kappa shape index (κ2) is 4.33. The van der Waals surface area contributed by atoms with Gasteiger partial charge in [0.15, 0.2) is 0 Å². The molecule has 0 spiro atoms. The lowest BCUT2D eigenvalue weighted by Crippen LogP contribution is -2.41. The highest BCUT2D eigenvalue weighted by Crippen LogP contribution is 2.03. The Morgan fingerprint density at radius 2 is 1.78 bits per heavy atom. The molecule has 0 aliphatic carbocycles. The Morgan fingerprint density at radius 3 is 2.33 bits per heavy atom. The van der Waals surface area contributed by atoms with Crippen molar-refractivity contribution in [2.45, 2.75) is 0 Å². The molecular formula is C12H11N3O3. The van der Waals surface area contributed by atoms with Crippen LogP contribution in [0.4, 0.5) is 0 Å². The van der Waals surface area contributed by atoms with Crippen molar-refractivity contribution in [2.24, 2.45) is 12.8 Å². The first-order valence-electron chi connectivity index (χ1n) is 5.20. The van der Waals surface area contributed by atoms with Crippen molar-refractivity contribution in [3.05, 3.63) is 62.9 Å². The Bertz CT molecular complexity index is 714. The molecule has 6 nitrogen and oxygen atoms in total. The molecule has 0 atom stereocenters. The van der Waals surface area contributed by atoms with E-state index in [0.717, 1.165) is 4.57 Å². The predicted octanol–water partition coefficient (Wildman–Crippen LogP) is -0.365. The van der Waals surface area contributed by atoms with Crippen molar-refractivity contribution in [3.63, 3.8) is 0 Å². The molecule has 0 aliphatic rings. The zero-order valence-corrected chi connectivity index (χ0v) is 9.66. The van der Waals surface area contributed by atoms with Crippen LogP contribution in [0.1, 0.15) is 10.4 Å². The number of hydrogen-bond donors (Lipinski definition) is 1. The summed E-state index contributed by atoms with van der Waals surface area (Å²) in [5.41, 5.74) is 4.22. The molecule has 2 aromatic rings. The number of benzene rings is 1. The van der Waals surface area contributed by atoms with Crippen LogP contribution in [-0.2, 0) is 7.05 Å². The Kier molecular flexibility index (Phi) is 2.85. The standard InChI is InChI=1S/C12H11N3O3/c1-14-11(17)9(10(13)16)7-15(12(14)18)8-5-3-2-4-6-8/h2-7H,1H3,(H2,13,16). The minimum Gasteiger partial charge on any atom is -0.365 e. The summed E-state index contributed by atoms with van der Waals surface area (Å²) in [6.07, 6.45) is 1.17. The Hall–Kier alpha value is -2.63. The van der Waals surface area contributed by atoms with Crippen molar-refractivity contribution in [3.8, 4) is 5.69 Å². The van der Waals surface area contributed by atoms with Crippen molar-refractivity contribution in [1.82, 2.24) is 9.13 Å². The average Bonchev–Trinajstić information content (AvgIpc) is 2.37. The number of rotatable bonds is 2. The van der Waals surface area contributed by atoms with Gasteiger partial charge in [0.25, 0.3) is 11.5 Å². The molecule has 1 aromatic carbocycles. The molecule has 1 heterocycles. The first kappa shape index (κ1) is 11.8. The minimum absolute atomic E-state index is 0.221. The number of nitrogens with two attached hydrogens (primary N) is 1. The quantitative estimate of drug-likeness (QED) is 0.783. The molecular weight excluding hydrogens is 234 g/mol. The zero-order valence-electron chi connectivity index (χ0n) is 9.66. The fraction of sp³-hybridized carbons (Fsp3) is 0.0833. The normalized spacial score (nSPS) is 10.3. The van der Waals surface area contributed by atoms with Crippen LogP contribution in [-0.4, -0.2) is 15.0 Å². The smallest absolute Gasteiger partial charge is 0.335 e. The van der Waals surface area contributed by atoms with Crippen LogP contribution in [0.15, 0.2) is 46.1 Å². The largest absolute Gasteiger partial charge is 0.365 e. The van der Waals surface area contributed by atoms with E-state index in [1.165, 1.54) is 17.8 Å². The summed E-state index contributed by atoms with van der Waals surface area (Å²) in [6.45, 7) is 0. The number of amides is 1. The molecule has 0 aliphatic heterocycles. The maximum Gasteiger partial charge on any atom is 0.335 e. The molecule has 0 fully saturated rings. The van der Waals surface area contributed by atoms with Gasteiger partial charge in [0.2, 0.25) is 0 Å². The highest BCUT2D eigenvalue weighted by atomic mass is 16.2. The van der Waals surface area contributed by atoms with E-state index in [9.17, 15) is 14.4 Å². The highest BCUT2D eigenvalue weighted by molar-refractivity contribution is 5.92. The lowest BCUT2D eigenvalue weighted by Gasteiger charge is -2.08. The van der Waals surface area contributed by atoms with Gasteiger partial charge in [-0.3, -0.25) is 18.7 Å². The lowest BCUT2D eigenvalue weighted by atomic mass is 10.3. The Morgan fingerprint density at radius 1 is 1.17 bits per heavy atom. The molecule has 6 heteroatoms. The summed E-state index contributed by atoms with van der Waals surface area (Å²) in [7, 11) is 1.30. The van der Waals surface area contributed by atoms with Gasteiger partial charge < -0.3 is 5.73 Å². The van der Waals surface area contributed by atoms with Crippen molar-refractivity contribution < 1.29 is 4.79 Å². The third-order valence-corrected chi connectivity index (χ3v) is 2.59. The summed E-state index contributed by atoms with van der Waals surface area (Å²) >= 11 is 0. The van der Waals surface area contributed by atoms with Gasteiger partial charge in [-0.2, -0.15) is 0 Å². The van der Waals surface area contributed by atoms with E-state index in [1.54, 1.807) is 30.3 Å². The van der Waals surface area contributed by atoms with Crippen LogP contribution in [0.3, 0.4) is 0 Å².